The molecule has 0 saturated carbocycles. The summed E-state index contributed by atoms with van der Waals surface area (Å²) in [7, 11) is 0. The Kier molecular flexibility index (Phi) is 3.14. The van der Waals surface area contributed by atoms with Crippen LogP contribution in [-0.2, 0) is 9.53 Å². The Bertz CT molecular complexity index is 183. The fourth-order valence-corrected chi connectivity index (χ4v) is 1.86. The molecule has 1 heterocycles. The minimum atomic E-state index is -0.229. The van der Waals surface area contributed by atoms with Gasteiger partial charge in [0.2, 0.25) is 0 Å². The van der Waals surface area contributed by atoms with Gasteiger partial charge in [0, 0.05) is 5.75 Å². The van der Waals surface area contributed by atoms with Gasteiger partial charge in [0.15, 0.2) is 0 Å². The Morgan fingerprint density at radius 1 is 2.00 bits per heavy atom. The zero-order valence-corrected chi connectivity index (χ0v) is 7.76. The number of thioether (sulfide) groups is 1. The maximum atomic E-state index is 11.0. The molecule has 0 aromatic carbocycles. The summed E-state index contributed by atoms with van der Waals surface area (Å²) in [5, 5.41) is 2.86. The van der Waals surface area contributed by atoms with Crippen LogP contribution in [-0.4, -0.2) is 28.7 Å². The highest BCUT2D eigenvalue weighted by atomic mass is 32.2. The largest absolute Gasteiger partial charge is 0.464 e. The Balaban J connectivity index is 2.37. The monoisotopic (exact) mass is 191 g/mol. The molecule has 1 atom stereocenters. The smallest absolute Gasteiger partial charge is 0.329 e. The predicted molar refractivity (Wildman–Crippen MR) is 48.6 cm³/mol. The number of rotatable bonds is 2. The van der Waals surface area contributed by atoms with Crippen LogP contribution in [0.25, 0.3) is 0 Å². The third-order valence-corrected chi connectivity index (χ3v) is 2.60. The second-order valence-electron chi connectivity index (χ2n) is 2.05. The second-order valence-corrected chi connectivity index (χ2v) is 3.74. The van der Waals surface area contributed by atoms with E-state index in [2.05, 4.69) is 5.32 Å². The van der Waals surface area contributed by atoms with Crippen molar-refractivity contribution in [3.63, 3.8) is 0 Å². The molecule has 0 amide bonds. The molecule has 0 spiro atoms. The van der Waals surface area contributed by atoms with Crippen LogP contribution in [0.3, 0.4) is 0 Å². The number of thiocarbonyl (C=S) groups is 1. The van der Waals surface area contributed by atoms with Gasteiger partial charge in [0.1, 0.15) is 10.4 Å². The molecule has 1 fully saturated rings. The number of esters is 1. The van der Waals surface area contributed by atoms with E-state index in [1.165, 1.54) is 11.8 Å². The molecule has 11 heavy (non-hydrogen) atoms. The normalized spacial score (nSPS) is 23.0. The summed E-state index contributed by atoms with van der Waals surface area (Å²) in [6, 6.07) is -0.229. The van der Waals surface area contributed by atoms with E-state index in [1.807, 2.05) is 0 Å². The molecule has 0 aliphatic carbocycles. The van der Waals surface area contributed by atoms with Gasteiger partial charge in [-0.05, 0) is 6.92 Å². The second kappa shape index (κ2) is 3.92. The molecule has 1 rings (SSSR count). The van der Waals surface area contributed by atoms with Gasteiger partial charge in [-0.25, -0.2) is 4.79 Å². The number of nitrogens with one attached hydrogen (secondary N) is 1. The quantitative estimate of drug-likeness (QED) is 0.509. The summed E-state index contributed by atoms with van der Waals surface area (Å²) in [6.07, 6.45) is 0. The Morgan fingerprint density at radius 2 is 2.73 bits per heavy atom. The van der Waals surface area contributed by atoms with E-state index in [9.17, 15) is 4.79 Å². The van der Waals surface area contributed by atoms with E-state index >= 15 is 0 Å². The molecule has 1 aliphatic rings. The first-order chi connectivity index (χ1) is 5.24. The van der Waals surface area contributed by atoms with Crippen LogP contribution in [0.5, 0.6) is 0 Å². The lowest BCUT2D eigenvalue weighted by molar-refractivity contribution is -0.144. The van der Waals surface area contributed by atoms with E-state index in [-0.39, 0.29) is 12.0 Å². The Hall–Kier alpha value is -0.290. The van der Waals surface area contributed by atoms with Gasteiger partial charge in [0.25, 0.3) is 0 Å². The number of hydrogen-bond donors (Lipinski definition) is 1. The molecule has 3 nitrogen and oxygen atoms in total. The van der Waals surface area contributed by atoms with Gasteiger partial charge in [-0.3, -0.25) is 0 Å². The average molecular weight is 191 g/mol. The van der Waals surface area contributed by atoms with E-state index in [4.69, 9.17) is 17.0 Å². The van der Waals surface area contributed by atoms with Crippen molar-refractivity contribution >= 4 is 34.3 Å². The molecule has 1 saturated heterocycles. The molecular weight excluding hydrogens is 182 g/mol. The lowest BCUT2D eigenvalue weighted by Gasteiger charge is -2.07. The standard InChI is InChI=1S/C6H9NO2S2/c1-2-9-5(8)4-3-11-6(10)7-4/h4H,2-3H2,1H3,(H,7,10)/t4-/m0/s1. The van der Waals surface area contributed by atoms with Crippen molar-refractivity contribution in [3.8, 4) is 0 Å². The number of ether oxygens (including phenoxy) is 1. The van der Waals surface area contributed by atoms with Crippen LogP contribution in [0.4, 0.5) is 0 Å². The molecule has 0 unspecified atom stereocenters. The molecule has 0 radical (unpaired) electrons. The molecule has 5 heteroatoms. The zero-order valence-electron chi connectivity index (χ0n) is 6.12. The summed E-state index contributed by atoms with van der Waals surface area (Å²) >= 11 is 6.32. The van der Waals surface area contributed by atoms with Crippen molar-refractivity contribution in [2.24, 2.45) is 0 Å². The molecule has 1 N–H and O–H groups in total. The van der Waals surface area contributed by atoms with Crippen LogP contribution in [0.2, 0.25) is 0 Å². The van der Waals surface area contributed by atoms with Crippen LogP contribution >= 0.6 is 24.0 Å². The van der Waals surface area contributed by atoms with Crippen LogP contribution in [0.15, 0.2) is 0 Å². The van der Waals surface area contributed by atoms with Gasteiger partial charge in [-0.2, -0.15) is 0 Å². The van der Waals surface area contributed by atoms with E-state index in [1.54, 1.807) is 6.92 Å². The summed E-state index contributed by atoms with van der Waals surface area (Å²) < 4.78 is 5.48. The fourth-order valence-electron chi connectivity index (χ4n) is 0.754. The average Bonchev–Trinajstić information content (AvgIpc) is 2.36. The molecule has 62 valence electrons. The minimum absolute atomic E-state index is 0.208. The molecular formula is C6H9NO2S2. The topological polar surface area (TPSA) is 38.3 Å². The summed E-state index contributed by atoms with van der Waals surface area (Å²) in [5.41, 5.74) is 0. The van der Waals surface area contributed by atoms with Crippen molar-refractivity contribution in [3.05, 3.63) is 0 Å². The van der Waals surface area contributed by atoms with Crippen molar-refractivity contribution in [1.29, 1.82) is 0 Å². The van der Waals surface area contributed by atoms with E-state index in [0.29, 0.717) is 16.7 Å². The third-order valence-electron chi connectivity index (χ3n) is 1.24. The first-order valence-corrected chi connectivity index (χ1v) is 4.73. The molecule has 0 aromatic rings. The minimum Gasteiger partial charge on any atom is -0.464 e. The highest BCUT2D eigenvalue weighted by Gasteiger charge is 2.26. The van der Waals surface area contributed by atoms with Gasteiger partial charge in [-0.15, -0.1) is 0 Å². The van der Waals surface area contributed by atoms with Gasteiger partial charge < -0.3 is 10.1 Å². The lowest BCUT2D eigenvalue weighted by Crippen LogP contribution is -2.35. The van der Waals surface area contributed by atoms with Crippen molar-refractivity contribution < 1.29 is 9.53 Å². The first-order valence-electron chi connectivity index (χ1n) is 3.34. The van der Waals surface area contributed by atoms with Crippen LogP contribution in [0, 0.1) is 0 Å². The van der Waals surface area contributed by atoms with Gasteiger partial charge in [-0.1, -0.05) is 24.0 Å². The van der Waals surface area contributed by atoms with Crippen LogP contribution < -0.4 is 5.32 Å². The first kappa shape index (κ1) is 8.80. The maximum absolute atomic E-state index is 11.0. The number of hydrogen-bond acceptors (Lipinski definition) is 4. The lowest BCUT2D eigenvalue weighted by atomic mass is 10.3. The fraction of sp³-hybridized carbons (Fsp3) is 0.667. The Morgan fingerprint density at radius 3 is 3.18 bits per heavy atom. The molecule has 0 bridgehead atoms. The third kappa shape index (κ3) is 2.34. The van der Waals surface area contributed by atoms with E-state index < -0.39 is 0 Å². The molecule has 0 aromatic heterocycles. The summed E-state index contributed by atoms with van der Waals surface area (Å²) in [4.78, 5) is 11.0. The zero-order chi connectivity index (χ0) is 8.27. The van der Waals surface area contributed by atoms with Crippen molar-refractivity contribution in [2.75, 3.05) is 12.4 Å². The maximum Gasteiger partial charge on any atom is 0.329 e. The highest BCUT2D eigenvalue weighted by molar-refractivity contribution is 8.23. The van der Waals surface area contributed by atoms with Gasteiger partial charge in [0.05, 0.1) is 6.61 Å². The number of carbonyl (C=O) groups excluding carboxylic acids is 1. The predicted octanol–water partition coefficient (Wildman–Crippen LogP) is 0.539. The van der Waals surface area contributed by atoms with Crippen molar-refractivity contribution in [1.82, 2.24) is 5.32 Å². The number of carbonyl (C=O) groups is 1. The SMILES string of the molecule is CCOC(=O)[C@@H]1CSC(=S)N1. The molecule has 1 aliphatic heterocycles. The van der Waals surface area contributed by atoms with Gasteiger partial charge >= 0.3 is 5.97 Å². The Labute approximate surface area is 74.9 Å². The van der Waals surface area contributed by atoms with Crippen molar-refractivity contribution in [2.45, 2.75) is 13.0 Å². The summed E-state index contributed by atoms with van der Waals surface area (Å²) in [6.45, 7) is 2.22. The summed E-state index contributed by atoms with van der Waals surface area (Å²) in [5.74, 6) is 0.484. The van der Waals surface area contributed by atoms with E-state index in [0.717, 1.165) is 0 Å². The van der Waals surface area contributed by atoms with Crippen LogP contribution in [0.1, 0.15) is 6.92 Å². The highest BCUT2D eigenvalue weighted by Crippen LogP contribution is 2.13.